The normalized spacial score (nSPS) is 18.8. The first-order chi connectivity index (χ1) is 11.6. The molecule has 0 aromatic heterocycles. The lowest BCUT2D eigenvalue weighted by atomic mass is 9.90. The van der Waals surface area contributed by atoms with Crippen molar-refractivity contribution in [2.75, 3.05) is 17.7 Å². The van der Waals surface area contributed by atoms with Crippen LogP contribution in [0.5, 0.6) is 0 Å². The summed E-state index contributed by atoms with van der Waals surface area (Å²) in [5, 5.41) is 3.73. The zero-order chi connectivity index (χ0) is 17.0. The van der Waals surface area contributed by atoms with Gasteiger partial charge in [0, 0.05) is 16.9 Å². The van der Waals surface area contributed by atoms with Gasteiger partial charge in [-0.2, -0.15) is 0 Å². The molecule has 3 N–H and O–H groups in total. The van der Waals surface area contributed by atoms with Gasteiger partial charge in [0.25, 0.3) is 0 Å². The molecular formula is C21H28N2O. The predicted molar refractivity (Wildman–Crippen MR) is 101 cm³/mol. The number of hydrogen-bond donors (Lipinski definition) is 2. The predicted octanol–water partition coefficient (Wildman–Crippen LogP) is 4.62. The minimum absolute atomic E-state index is 0.106. The largest absolute Gasteiger partial charge is 0.399 e. The molecule has 3 nitrogen and oxygen atoms in total. The summed E-state index contributed by atoms with van der Waals surface area (Å²) in [4.78, 5) is 0. The summed E-state index contributed by atoms with van der Waals surface area (Å²) in [5.41, 5.74) is 10.4. The average molecular weight is 324 g/mol. The fourth-order valence-electron chi connectivity index (χ4n) is 3.38. The molecule has 1 aliphatic heterocycles. The van der Waals surface area contributed by atoms with E-state index >= 15 is 0 Å². The third kappa shape index (κ3) is 4.75. The highest BCUT2D eigenvalue weighted by atomic mass is 16.6. The quantitative estimate of drug-likeness (QED) is 0.550. The number of ether oxygens (including phenoxy) is 1. The average Bonchev–Trinajstić information content (AvgIpc) is 3.35. The van der Waals surface area contributed by atoms with Gasteiger partial charge in [0.1, 0.15) is 0 Å². The van der Waals surface area contributed by atoms with Crippen LogP contribution >= 0.6 is 0 Å². The van der Waals surface area contributed by atoms with E-state index in [2.05, 4.69) is 55.6 Å². The van der Waals surface area contributed by atoms with E-state index in [9.17, 15) is 0 Å². The second-order valence-electron chi connectivity index (χ2n) is 7.21. The van der Waals surface area contributed by atoms with E-state index < -0.39 is 0 Å². The number of rotatable bonds is 8. The number of benzene rings is 2. The van der Waals surface area contributed by atoms with E-state index in [4.69, 9.17) is 10.5 Å². The molecule has 2 aromatic carbocycles. The lowest BCUT2D eigenvalue weighted by molar-refractivity contribution is 0.335. The van der Waals surface area contributed by atoms with E-state index in [0.29, 0.717) is 6.10 Å². The highest BCUT2D eigenvalue weighted by Gasteiger charge is 2.33. The van der Waals surface area contributed by atoms with Crippen LogP contribution in [0.4, 0.5) is 11.4 Å². The molecule has 0 bridgehead atoms. The van der Waals surface area contributed by atoms with Gasteiger partial charge in [0.15, 0.2) is 0 Å². The van der Waals surface area contributed by atoms with Gasteiger partial charge < -0.3 is 15.8 Å². The van der Waals surface area contributed by atoms with Crippen LogP contribution in [-0.2, 0) is 11.2 Å². The molecule has 1 saturated heterocycles. The van der Waals surface area contributed by atoms with Gasteiger partial charge in [0.2, 0.25) is 0 Å². The number of nitrogens with one attached hydrogen (secondary N) is 1. The Balaban J connectivity index is 1.63. The van der Waals surface area contributed by atoms with Crippen molar-refractivity contribution < 1.29 is 4.74 Å². The van der Waals surface area contributed by atoms with E-state index in [-0.39, 0.29) is 5.54 Å². The molecule has 0 radical (unpaired) electrons. The molecule has 0 spiro atoms. The van der Waals surface area contributed by atoms with Crippen molar-refractivity contribution in [2.45, 2.75) is 51.2 Å². The van der Waals surface area contributed by atoms with Crippen molar-refractivity contribution >= 4 is 11.4 Å². The third-order valence-corrected chi connectivity index (χ3v) is 4.67. The number of hydrogen-bond acceptors (Lipinski definition) is 3. The topological polar surface area (TPSA) is 50.6 Å². The van der Waals surface area contributed by atoms with Crippen LogP contribution in [0.15, 0.2) is 48.5 Å². The Morgan fingerprint density at radius 3 is 2.21 bits per heavy atom. The Bertz CT molecular complexity index is 647. The Hall–Kier alpha value is -2.00. The maximum Gasteiger partial charge on any atom is 0.0832 e. The Morgan fingerprint density at radius 2 is 1.67 bits per heavy atom. The third-order valence-electron chi connectivity index (χ3n) is 4.67. The van der Waals surface area contributed by atoms with Crippen LogP contribution in [0.2, 0.25) is 0 Å². The van der Waals surface area contributed by atoms with E-state index in [1.54, 1.807) is 0 Å². The number of nitrogen functional groups attached to an aromatic ring is 1. The summed E-state index contributed by atoms with van der Waals surface area (Å²) in [6.07, 6.45) is 4.78. The standard InChI is InChI=1S/C21H28N2O/c1-3-12-21(2,14-20-15-24-20)23-19-10-6-17(7-11-19)13-16-4-8-18(22)9-5-16/h4-11,20,23H,3,12-15,22H2,1-2H3. The maximum atomic E-state index is 5.74. The van der Waals surface area contributed by atoms with Gasteiger partial charge in [-0.1, -0.05) is 37.6 Å². The maximum absolute atomic E-state index is 5.74. The number of nitrogens with two attached hydrogens (primary N) is 1. The lowest BCUT2D eigenvalue weighted by Gasteiger charge is -2.31. The zero-order valence-corrected chi connectivity index (χ0v) is 14.7. The molecule has 1 aliphatic rings. The summed E-state index contributed by atoms with van der Waals surface area (Å²) in [5.74, 6) is 0. The second-order valence-corrected chi connectivity index (χ2v) is 7.21. The zero-order valence-electron chi connectivity index (χ0n) is 14.7. The molecule has 3 rings (SSSR count). The van der Waals surface area contributed by atoms with Crippen LogP contribution in [-0.4, -0.2) is 18.2 Å². The smallest absolute Gasteiger partial charge is 0.0832 e. The van der Waals surface area contributed by atoms with Crippen LogP contribution in [0.1, 0.15) is 44.2 Å². The van der Waals surface area contributed by atoms with Crippen LogP contribution in [0.3, 0.4) is 0 Å². The first-order valence-corrected chi connectivity index (χ1v) is 8.89. The van der Waals surface area contributed by atoms with E-state index in [1.807, 2.05) is 12.1 Å². The molecule has 24 heavy (non-hydrogen) atoms. The van der Waals surface area contributed by atoms with Gasteiger partial charge in [0.05, 0.1) is 12.7 Å². The summed E-state index contributed by atoms with van der Waals surface area (Å²) in [7, 11) is 0. The molecule has 2 unspecified atom stereocenters. The van der Waals surface area contributed by atoms with Gasteiger partial charge >= 0.3 is 0 Å². The summed E-state index contributed by atoms with van der Waals surface area (Å²) in [6, 6.07) is 16.9. The van der Waals surface area contributed by atoms with Crippen molar-refractivity contribution in [3.05, 3.63) is 59.7 Å². The molecule has 0 saturated carbocycles. The van der Waals surface area contributed by atoms with Crippen molar-refractivity contribution in [2.24, 2.45) is 0 Å². The SMILES string of the molecule is CCCC(C)(CC1CO1)Nc1ccc(Cc2ccc(N)cc2)cc1. The van der Waals surface area contributed by atoms with Crippen molar-refractivity contribution in [3.8, 4) is 0 Å². The van der Waals surface area contributed by atoms with Crippen molar-refractivity contribution in [1.82, 2.24) is 0 Å². The number of anilines is 2. The minimum Gasteiger partial charge on any atom is -0.399 e. The molecule has 1 heterocycles. The van der Waals surface area contributed by atoms with Gasteiger partial charge in [-0.3, -0.25) is 0 Å². The summed E-state index contributed by atoms with van der Waals surface area (Å²) < 4.78 is 5.43. The fourth-order valence-corrected chi connectivity index (χ4v) is 3.38. The highest BCUT2D eigenvalue weighted by molar-refractivity contribution is 5.48. The fraction of sp³-hybridized carbons (Fsp3) is 0.429. The number of epoxide rings is 1. The molecule has 2 aromatic rings. The second kappa shape index (κ2) is 7.27. The van der Waals surface area contributed by atoms with Gasteiger partial charge in [-0.15, -0.1) is 0 Å². The van der Waals surface area contributed by atoms with E-state index in [1.165, 1.54) is 23.2 Å². The van der Waals surface area contributed by atoms with Crippen LogP contribution in [0, 0.1) is 0 Å². The van der Waals surface area contributed by atoms with Gasteiger partial charge in [-0.05, 0) is 61.6 Å². The van der Waals surface area contributed by atoms with Crippen molar-refractivity contribution in [3.63, 3.8) is 0 Å². The first-order valence-electron chi connectivity index (χ1n) is 8.89. The molecule has 3 heteroatoms. The van der Waals surface area contributed by atoms with Crippen LogP contribution < -0.4 is 11.1 Å². The van der Waals surface area contributed by atoms with Crippen LogP contribution in [0.25, 0.3) is 0 Å². The Kier molecular flexibility index (Phi) is 5.10. The lowest BCUT2D eigenvalue weighted by Crippen LogP contribution is -2.36. The molecule has 0 aliphatic carbocycles. The Morgan fingerprint density at radius 1 is 1.08 bits per heavy atom. The minimum atomic E-state index is 0.106. The van der Waals surface area contributed by atoms with E-state index in [0.717, 1.165) is 31.6 Å². The molecule has 0 amide bonds. The molecule has 1 fully saturated rings. The van der Waals surface area contributed by atoms with Gasteiger partial charge in [-0.25, -0.2) is 0 Å². The highest BCUT2D eigenvalue weighted by Crippen LogP contribution is 2.30. The summed E-state index contributed by atoms with van der Waals surface area (Å²) in [6.45, 7) is 5.46. The summed E-state index contributed by atoms with van der Waals surface area (Å²) >= 11 is 0. The molecular weight excluding hydrogens is 296 g/mol. The molecule has 128 valence electrons. The monoisotopic (exact) mass is 324 g/mol. The Labute approximate surface area is 145 Å². The first kappa shape index (κ1) is 16.8. The molecule has 2 atom stereocenters. The van der Waals surface area contributed by atoms with Crippen molar-refractivity contribution in [1.29, 1.82) is 0 Å².